The standard InChI is InChI=1S/C14H26O/c1-4-5-6-7-8-9-10-11-12-13-15-14(2)3/h1,14H,5-13H2,2-3H3. The zero-order valence-corrected chi connectivity index (χ0v) is 10.4. The Morgan fingerprint density at radius 3 is 2.00 bits per heavy atom. The van der Waals surface area contributed by atoms with Crippen molar-refractivity contribution >= 4 is 0 Å². The first-order valence-corrected chi connectivity index (χ1v) is 6.32. The molecule has 0 heterocycles. The Hall–Kier alpha value is -0.480. The Morgan fingerprint density at radius 2 is 1.47 bits per heavy atom. The molecule has 0 aromatic heterocycles. The van der Waals surface area contributed by atoms with Crippen molar-refractivity contribution in [3.05, 3.63) is 0 Å². The Balaban J connectivity index is 2.90. The van der Waals surface area contributed by atoms with Crippen molar-refractivity contribution in [2.45, 2.75) is 71.3 Å². The van der Waals surface area contributed by atoms with E-state index in [1.54, 1.807) is 0 Å². The molecule has 0 aliphatic carbocycles. The molecule has 0 aromatic carbocycles. The molecule has 1 nitrogen and oxygen atoms in total. The fourth-order valence-electron chi connectivity index (χ4n) is 1.53. The summed E-state index contributed by atoms with van der Waals surface area (Å²) in [6.45, 7) is 5.10. The molecule has 0 bridgehead atoms. The average molecular weight is 210 g/mol. The number of unbranched alkanes of at least 4 members (excludes halogenated alkanes) is 7. The quantitative estimate of drug-likeness (QED) is 0.388. The second-order valence-electron chi connectivity index (χ2n) is 4.35. The van der Waals surface area contributed by atoms with Crippen LogP contribution in [-0.2, 0) is 4.74 Å². The van der Waals surface area contributed by atoms with E-state index < -0.39 is 0 Å². The van der Waals surface area contributed by atoms with Crippen molar-refractivity contribution in [1.29, 1.82) is 0 Å². The molecule has 15 heavy (non-hydrogen) atoms. The lowest BCUT2D eigenvalue weighted by molar-refractivity contribution is 0.0757. The maximum atomic E-state index is 5.48. The molecular formula is C14H26O. The molecule has 0 radical (unpaired) electrons. The predicted molar refractivity (Wildman–Crippen MR) is 66.9 cm³/mol. The third-order valence-corrected chi connectivity index (χ3v) is 2.42. The lowest BCUT2D eigenvalue weighted by Crippen LogP contribution is -2.03. The SMILES string of the molecule is C#CCCCCCCCCCOC(C)C. The van der Waals surface area contributed by atoms with E-state index in [2.05, 4.69) is 19.8 Å². The van der Waals surface area contributed by atoms with Gasteiger partial charge in [-0.2, -0.15) is 0 Å². The van der Waals surface area contributed by atoms with Gasteiger partial charge in [-0.25, -0.2) is 0 Å². The van der Waals surface area contributed by atoms with Crippen LogP contribution in [0.4, 0.5) is 0 Å². The summed E-state index contributed by atoms with van der Waals surface area (Å²) in [4.78, 5) is 0. The minimum atomic E-state index is 0.383. The monoisotopic (exact) mass is 210 g/mol. The predicted octanol–water partition coefficient (Wildman–Crippen LogP) is 4.17. The van der Waals surface area contributed by atoms with Crippen molar-refractivity contribution in [3.8, 4) is 12.3 Å². The topological polar surface area (TPSA) is 9.23 Å². The first-order valence-electron chi connectivity index (χ1n) is 6.32. The van der Waals surface area contributed by atoms with E-state index in [0.717, 1.165) is 13.0 Å². The Bertz CT molecular complexity index is 155. The first-order chi connectivity index (χ1) is 7.27. The van der Waals surface area contributed by atoms with Crippen LogP contribution in [0.3, 0.4) is 0 Å². The average Bonchev–Trinajstić information content (AvgIpc) is 2.20. The van der Waals surface area contributed by atoms with E-state index in [4.69, 9.17) is 11.2 Å². The molecule has 0 aliphatic heterocycles. The molecule has 0 amide bonds. The fourth-order valence-corrected chi connectivity index (χ4v) is 1.53. The fraction of sp³-hybridized carbons (Fsp3) is 0.857. The minimum absolute atomic E-state index is 0.383. The van der Waals surface area contributed by atoms with Gasteiger partial charge in [0, 0.05) is 13.0 Å². The number of rotatable bonds is 10. The van der Waals surface area contributed by atoms with Gasteiger partial charge in [0.15, 0.2) is 0 Å². The lowest BCUT2D eigenvalue weighted by Gasteiger charge is -2.06. The molecule has 0 fully saturated rings. The van der Waals surface area contributed by atoms with Crippen LogP contribution in [0.1, 0.15) is 65.2 Å². The first kappa shape index (κ1) is 14.5. The molecule has 0 atom stereocenters. The largest absolute Gasteiger partial charge is 0.379 e. The van der Waals surface area contributed by atoms with Crippen LogP contribution >= 0.6 is 0 Å². The van der Waals surface area contributed by atoms with E-state index >= 15 is 0 Å². The van der Waals surface area contributed by atoms with Gasteiger partial charge in [-0.05, 0) is 26.7 Å². The Morgan fingerprint density at radius 1 is 0.933 bits per heavy atom. The molecule has 0 saturated carbocycles. The molecule has 0 unspecified atom stereocenters. The molecule has 0 saturated heterocycles. The summed E-state index contributed by atoms with van der Waals surface area (Å²) < 4.78 is 5.48. The Kier molecular flexibility index (Phi) is 11.2. The van der Waals surface area contributed by atoms with Gasteiger partial charge in [0.1, 0.15) is 0 Å². The molecule has 0 N–H and O–H groups in total. The van der Waals surface area contributed by atoms with Gasteiger partial charge in [-0.15, -0.1) is 12.3 Å². The van der Waals surface area contributed by atoms with Crippen molar-refractivity contribution in [2.75, 3.05) is 6.61 Å². The van der Waals surface area contributed by atoms with Crippen molar-refractivity contribution < 1.29 is 4.74 Å². The third kappa shape index (κ3) is 13.5. The van der Waals surface area contributed by atoms with Crippen LogP contribution in [0.5, 0.6) is 0 Å². The third-order valence-electron chi connectivity index (χ3n) is 2.42. The lowest BCUT2D eigenvalue weighted by atomic mass is 10.1. The summed E-state index contributed by atoms with van der Waals surface area (Å²) in [6, 6.07) is 0. The maximum absolute atomic E-state index is 5.48. The summed E-state index contributed by atoms with van der Waals surface area (Å²) in [6.07, 6.45) is 15.6. The molecule has 1 heteroatoms. The molecule has 0 rings (SSSR count). The van der Waals surface area contributed by atoms with Crippen molar-refractivity contribution in [2.24, 2.45) is 0 Å². The van der Waals surface area contributed by atoms with E-state index in [1.807, 2.05) is 0 Å². The van der Waals surface area contributed by atoms with E-state index in [-0.39, 0.29) is 0 Å². The summed E-state index contributed by atoms with van der Waals surface area (Å²) in [7, 11) is 0. The van der Waals surface area contributed by atoms with Crippen LogP contribution in [0.25, 0.3) is 0 Å². The zero-order chi connectivity index (χ0) is 11.4. The molecule has 0 aliphatic rings. The summed E-state index contributed by atoms with van der Waals surface area (Å²) in [5, 5.41) is 0. The summed E-state index contributed by atoms with van der Waals surface area (Å²) in [5.41, 5.74) is 0. The highest BCUT2D eigenvalue weighted by atomic mass is 16.5. The summed E-state index contributed by atoms with van der Waals surface area (Å²) in [5.74, 6) is 2.68. The van der Waals surface area contributed by atoms with Crippen LogP contribution in [0, 0.1) is 12.3 Å². The van der Waals surface area contributed by atoms with Gasteiger partial charge in [-0.3, -0.25) is 0 Å². The van der Waals surface area contributed by atoms with Crippen LogP contribution < -0.4 is 0 Å². The molecular weight excluding hydrogens is 184 g/mol. The molecule has 88 valence electrons. The van der Waals surface area contributed by atoms with Crippen LogP contribution in [-0.4, -0.2) is 12.7 Å². The molecule has 0 spiro atoms. The molecule has 0 aromatic rings. The smallest absolute Gasteiger partial charge is 0.0518 e. The highest BCUT2D eigenvalue weighted by Crippen LogP contribution is 2.08. The highest BCUT2D eigenvalue weighted by Gasteiger charge is 1.94. The van der Waals surface area contributed by atoms with Gasteiger partial charge >= 0.3 is 0 Å². The second-order valence-corrected chi connectivity index (χ2v) is 4.35. The highest BCUT2D eigenvalue weighted by molar-refractivity contribution is 4.82. The number of ether oxygens (including phenoxy) is 1. The van der Waals surface area contributed by atoms with Gasteiger partial charge in [0.05, 0.1) is 6.10 Å². The van der Waals surface area contributed by atoms with Gasteiger partial charge in [-0.1, -0.05) is 32.1 Å². The summed E-state index contributed by atoms with van der Waals surface area (Å²) >= 11 is 0. The minimum Gasteiger partial charge on any atom is -0.379 e. The van der Waals surface area contributed by atoms with E-state index in [9.17, 15) is 0 Å². The zero-order valence-electron chi connectivity index (χ0n) is 10.4. The van der Waals surface area contributed by atoms with E-state index in [0.29, 0.717) is 6.10 Å². The maximum Gasteiger partial charge on any atom is 0.0518 e. The number of hydrogen-bond acceptors (Lipinski definition) is 1. The van der Waals surface area contributed by atoms with Crippen molar-refractivity contribution in [3.63, 3.8) is 0 Å². The normalized spacial score (nSPS) is 10.5. The van der Waals surface area contributed by atoms with Gasteiger partial charge in [0.25, 0.3) is 0 Å². The van der Waals surface area contributed by atoms with Gasteiger partial charge in [0.2, 0.25) is 0 Å². The Labute approximate surface area is 95.6 Å². The van der Waals surface area contributed by atoms with Crippen LogP contribution in [0.15, 0.2) is 0 Å². The van der Waals surface area contributed by atoms with Crippen molar-refractivity contribution in [1.82, 2.24) is 0 Å². The van der Waals surface area contributed by atoms with Crippen LogP contribution in [0.2, 0.25) is 0 Å². The van der Waals surface area contributed by atoms with Gasteiger partial charge < -0.3 is 4.74 Å². The number of terminal acetylenes is 1. The number of hydrogen-bond donors (Lipinski definition) is 0. The van der Waals surface area contributed by atoms with E-state index in [1.165, 1.54) is 44.9 Å². The second kappa shape index (κ2) is 11.6.